The molecule has 0 saturated carbocycles. The third-order valence-electron chi connectivity index (χ3n) is 2.44. The van der Waals surface area contributed by atoms with Crippen molar-refractivity contribution < 1.29 is 4.74 Å². The number of aryl methyl sites for hydroxylation is 1. The maximum atomic E-state index is 5.37. The topological polar surface area (TPSA) is 50.3 Å². The first-order valence-electron chi connectivity index (χ1n) is 6.06. The Morgan fingerprint density at radius 2 is 2.12 bits per heavy atom. The van der Waals surface area contributed by atoms with Gasteiger partial charge in [0.15, 0.2) is 0 Å². The molecule has 0 fully saturated rings. The number of hydrogen-bond acceptors (Lipinski definition) is 5. The average Bonchev–Trinajstić information content (AvgIpc) is 2.28. The van der Waals surface area contributed by atoms with Gasteiger partial charge in [0.1, 0.15) is 0 Å². The monoisotopic (exact) mass is 238 g/mol. The summed E-state index contributed by atoms with van der Waals surface area (Å²) in [6.45, 7) is 9.48. The summed E-state index contributed by atoms with van der Waals surface area (Å²) < 4.78 is 5.37. The van der Waals surface area contributed by atoms with Crippen LogP contribution in [-0.2, 0) is 0 Å². The van der Waals surface area contributed by atoms with Crippen LogP contribution in [0.5, 0.6) is 5.88 Å². The summed E-state index contributed by atoms with van der Waals surface area (Å²) in [5.41, 5.74) is 0.912. The van der Waals surface area contributed by atoms with Crippen molar-refractivity contribution >= 4 is 5.95 Å². The van der Waals surface area contributed by atoms with Gasteiger partial charge in [-0.05, 0) is 27.4 Å². The Kier molecular flexibility index (Phi) is 5.69. The van der Waals surface area contributed by atoms with E-state index in [0.717, 1.165) is 25.3 Å². The van der Waals surface area contributed by atoms with Crippen LogP contribution in [0.25, 0.3) is 0 Å². The molecule has 5 nitrogen and oxygen atoms in total. The predicted molar refractivity (Wildman–Crippen MR) is 69.6 cm³/mol. The van der Waals surface area contributed by atoms with Gasteiger partial charge in [-0.25, -0.2) is 4.98 Å². The molecular formula is C12H22N4O. The first-order valence-corrected chi connectivity index (χ1v) is 6.06. The largest absolute Gasteiger partial charge is 0.478 e. The molecule has 0 atom stereocenters. The van der Waals surface area contributed by atoms with Crippen LogP contribution in [0.15, 0.2) is 6.07 Å². The van der Waals surface area contributed by atoms with Crippen LogP contribution in [0.2, 0.25) is 0 Å². The number of likely N-dealkylation sites (N-methyl/N-ethyl adjacent to an activating group) is 1. The average molecular weight is 238 g/mol. The summed E-state index contributed by atoms with van der Waals surface area (Å²) in [5.74, 6) is 1.27. The van der Waals surface area contributed by atoms with E-state index in [2.05, 4.69) is 34.2 Å². The molecule has 0 radical (unpaired) electrons. The zero-order chi connectivity index (χ0) is 12.7. The Morgan fingerprint density at radius 3 is 2.76 bits per heavy atom. The fourth-order valence-electron chi connectivity index (χ4n) is 1.36. The molecule has 96 valence electrons. The van der Waals surface area contributed by atoms with Crippen molar-refractivity contribution in [1.82, 2.24) is 14.9 Å². The fraction of sp³-hybridized carbons (Fsp3) is 0.667. The highest BCUT2D eigenvalue weighted by Gasteiger charge is 2.02. The Morgan fingerprint density at radius 1 is 1.35 bits per heavy atom. The second-order valence-corrected chi connectivity index (χ2v) is 3.93. The molecule has 0 aliphatic carbocycles. The molecule has 17 heavy (non-hydrogen) atoms. The summed E-state index contributed by atoms with van der Waals surface area (Å²) >= 11 is 0. The molecule has 1 aromatic heterocycles. The van der Waals surface area contributed by atoms with Gasteiger partial charge in [-0.3, -0.25) is 0 Å². The molecule has 0 saturated heterocycles. The highest BCUT2D eigenvalue weighted by atomic mass is 16.5. The van der Waals surface area contributed by atoms with Crippen LogP contribution in [-0.4, -0.2) is 48.2 Å². The molecule has 0 aliphatic heterocycles. The highest BCUT2D eigenvalue weighted by Crippen LogP contribution is 2.11. The molecule has 0 unspecified atom stereocenters. The van der Waals surface area contributed by atoms with Gasteiger partial charge < -0.3 is 15.0 Å². The van der Waals surface area contributed by atoms with Gasteiger partial charge in [-0.2, -0.15) is 4.98 Å². The van der Waals surface area contributed by atoms with Crippen molar-refractivity contribution in [3.8, 4) is 5.88 Å². The third kappa shape index (κ3) is 4.99. The van der Waals surface area contributed by atoms with E-state index < -0.39 is 0 Å². The van der Waals surface area contributed by atoms with E-state index in [1.165, 1.54) is 0 Å². The number of rotatable bonds is 7. The quantitative estimate of drug-likeness (QED) is 0.781. The normalized spacial score (nSPS) is 10.6. The number of ether oxygens (including phenoxy) is 1. The van der Waals surface area contributed by atoms with Gasteiger partial charge in [0.2, 0.25) is 11.8 Å². The lowest BCUT2D eigenvalue weighted by atomic mass is 10.4. The number of nitrogens with zero attached hydrogens (tertiary/aromatic N) is 3. The summed E-state index contributed by atoms with van der Waals surface area (Å²) in [7, 11) is 2.09. The molecule has 0 bridgehead atoms. The first kappa shape index (κ1) is 13.7. The molecule has 0 amide bonds. The molecule has 1 aromatic rings. The first-order chi connectivity index (χ1) is 8.15. The molecular weight excluding hydrogens is 216 g/mol. The van der Waals surface area contributed by atoms with E-state index in [4.69, 9.17) is 4.74 Å². The van der Waals surface area contributed by atoms with E-state index in [0.29, 0.717) is 18.4 Å². The molecule has 1 N–H and O–H groups in total. The Labute approximate surface area is 103 Å². The number of nitrogens with one attached hydrogen (secondary N) is 1. The minimum absolute atomic E-state index is 0.620. The third-order valence-corrected chi connectivity index (χ3v) is 2.44. The van der Waals surface area contributed by atoms with E-state index in [-0.39, 0.29) is 0 Å². The van der Waals surface area contributed by atoms with Gasteiger partial charge in [0.25, 0.3) is 0 Å². The van der Waals surface area contributed by atoms with E-state index in [1.54, 1.807) is 0 Å². The molecule has 5 heteroatoms. The Balaban J connectivity index is 2.52. The summed E-state index contributed by atoms with van der Waals surface area (Å²) in [6, 6.07) is 1.84. The minimum atomic E-state index is 0.620. The molecule has 0 aliphatic rings. The lowest BCUT2D eigenvalue weighted by molar-refractivity contribution is 0.326. The summed E-state index contributed by atoms with van der Waals surface area (Å²) in [4.78, 5) is 10.8. The number of aromatic nitrogens is 2. The zero-order valence-corrected chi connectivity index (χ0v) is 11.2. The van der Waals surface area contributed by atoms with Crippen LogP contribution in [0.3, 0.4) is 0 Å². The second kappa shape index (κ2) is 7.06. The van der Waals surface area contributed by atoms with Crippen LogP contribution >= 0.6 is 0 Å². The zero-order valence-electron chi connectivity index (χ0n) is 11.2. The van der Waals surface area contributed by atoms with E-state index in [1.807, 2.05) is 19.9 Å². The molecule has 0 aromatic carbocycles. The smallest absolute Gasteiger partial charge is 0.226 e. The van der Waals surface area contributed by atoms with Gasteiger partial charge >= 0.3 is 0 Å². The summed E-state index contributed by atoms with van der Waals surface area (Å²) in [5, 5.41) is 3.21. The van der Waals surface area contributed by atoms with Crippen molar-refractivity contribution in [3.63, 3.8) is 0 Å². The minimum Gasteiger partial charge on any atom is -0.478 e. The van der Waals surface area contributed by atoms with Gasteiger partial charge in [0, 0.05) is 24.8 Å². The Bertz CT molecular complexity index is 343. The number of hydrogen-bond donors (Lipinski definition) is 1. The van der Waals surface area contributed by atoms with E-state index >= 15 is 0 Å². The fourth-order valence-corrected chi connectivity index (χ4v) is 1.36. The standard InChI is InChI=1S/C12H22N4O/c1-5-16(4)8-7-13-12-14-10(3)9-11(15-12)17-6-2/h9H,5-8H2,1-4H3,(H,13,14,15). The summed E-state index contributed by atoms with van der Waals surface area (Å²) in [6.07, 6.45) is 0. The highest BCUT2D eigenvalue weighted by molar-refractivity contribution is 5.30. The van der Waals surface area contributed by atoms with Gasteiger partial charge in [-0.1, -0.05) is 6.92 Å². The number of anilines is 1. The molecule has 1 rings (SSSR count). The van der Waals surface area contributed by atoms with Crippen molar-refractivity contribution in [2.45, 2.75) is 20.8 Å². The Hall–Kier alpha value is -1.36. The van der Waals surface area contributed by atoms with Crippen molar-refractivity contribution in [2.24, 2.45) is 0 Å². The van der Waals surface area contributed by atoms with E-state index in [9.17, 15) is 0 Å². The SMILES string of the molecule is CCOc1cc(C)nc(NCCN(C)CC)n1. The maximum Gasteiger partial charge on any atom is 0.226 e. The second-order valence-electron chi connectivity index (χ2n) is 3.93. The van der Waals surface area contributed by atoms with Crippen molar-refractivity contribution in [3.05, 3.63) is 11.8 Å². The van der Waals surface area contributed by atoms with Crippen molar-refractivity contribution in [2.75, 3.05) is 38.6 Å². The molecule has 0 spiro atoms. The van der Waals surface area contributed by atoms with Crippen molar-refractivity contribution in [1.29, 1.82) is 0 Å². The lowest BCUT2D eigenvalue weighted by Gasteiger charge is -2.14. The van der Waals surface area contributed by atoms with Crippen LogP contribution in [0.4, 0.5) is 5.95 Å². The maximum absolute atomic E-state index is 5.37. The lowest BCUT2D eigenvalue weighted by Crippen LogP contribution is -2.25. The van der Waals surface area contributed by atoms with Gasteiger partial charge in [-0.15, -0.1) is 0 Å². The molecule has 1 heterocycles. The van der Waals surface area contributed by atoms with Crippen LogP contribution in [0, 0.1) is 6.92 Å². The van der Waals surface area contributed by atoms with Crippen LogP contribution < -0.4 is 10.1 Å². The van der Waals surface area contributed by atoms with Gasteiger partial charge in [0.05, 0.1) is 6.61 Å². The van der Waals surface area contributed by atoms with Crippen LogP contribution in [0.1, 0.15) is 19.5 Å². The predicted octanol–water partition coefficient (Wildman–Crippen LogP) is 1.55.